The molecule has 15 heavy (non-hydrogen) atoms. The molecular formula is C10H12ClN3O. The quantitative estimate of drug-likeness (QED) is 0.738. The molecule has 1 aliphatic heterocycles. The Balaban J connectivity index is 2.63. The molecule has 4 nitrogen and oxygen atoms in total. The fourth-order valence-electron chi connectivity index (χ4n) is 1.72. The predicted molar refractivity (Wildman–Crippen MR) is 57.2 cm³/mol. The number of amides is 1. The fourth-order valence-corrected chi connectivity index (χ4v) is 1.92. The maximum absolute atomic E-state index is 11.7. The molecule has 0 aliphatic carbocycles. The fraction of sp³-hybridized carbons (Fsp3) is 0.500. The van der Waals surface area contributed by atoms with Gasteiger partial charge in [0, 0.05) is 13.0 Å². The van der Waals surface area contributed by atoms with Crippen molar-refractivity contribution >= 4 is 17.5 Å². The van der Waals surface area contributed by atoms with E-state index in [2.05, 4.69) is 15.3 Å². The molecule has 0 spiro atoms. The van der Waals surface area contributed by atoms with Gasteiger partial charge in [-0.05, 0) is 17.5 Å². The Kier molecular flexibility index (Phi) is 2.61. The minimum Gasteiger partial charge on any atom is -0.352 e. The molecular weight excluding hydrogens is 214 g/mol. The van der Waals surface area contributed by atoms with Gasteiger partial charge < -0.3 is 5.32 Å². The molecule has 1 N–H and O–H groups in total. The first-order valence-electron chi connectivity index (χ1n) is 4.94. The molecule has 0 bridgehead atoms. The summed E-state index contributed by atoms with van der Waals surface area (Å²) in [6.45, 7) is 4.60. The Morgan fingerprint density at radius 3 is 2.80 bits per heavy atom. The van der Waals surface area contributed by atoms with Gasteiger partial charge in [0.2, 0.25) is 5.28 Å². The number of fused-ring (bicyclic) bond motifs is 1. The van der Waals surface area contributed by atoms with Crippen LogP contribution in [0.4, 0.5) is 0 Å². The van der Waals surface area contributed by atoms with Crippen molar-refractivity contribution in [2.24, 2.45) is 0 Å². The van der Waals surface area contributed by atoms with Crippen LogP contribution in [0.1, 0.15) is 41.5 Å². The van der Waals surface area contributed by atoms with Gasteiger partial charge in [0.25, 0.3) is 5.91 Å². The van der Waals surface area contributed by atoms with Crippen LogP contribution in [0.25, 0.3) is 0 Å². The van der Waals surface area contributed by atoms with E-state index in [1.54, 1.807) is 0 Å². The summed E-state index contributed by atoms with van der Waals surface area (Å²) in [5.74, 6) is 0.0831. The minimum atomic E-state index is -0.0865. The summed E-state index contributed by atoms with van der Waals surface area (Å²) in [7, 11) is 0. The second-order valence-corrected chi connectivity index (χ2v) is 4.20. The molecule has 0 atom stereocenters. The molecule has 2 rings (SSSR count). The van der Waals surface area contributed by atoms with E-state index >= 15 is 0 Å². The summed E-state index contributed by atoms with van der Waals surface area (Å²) in [4.78, 5) is 19.9. The minimum absolute atomic E-state index is 0.0865. The summed E-state index contributed by atoms with van der Waals surface area (Å²) in [5.41, 5.74) is 2.12. The van der Waals surface area contributed by atoms with Crippen LogP contribution in [0.2, 0.25) is 5.28 Å². The molecule has 1 amide bonds. The molecule has 80 valence electrons. The van der Waals surface area contributed by atoms with Gasteiger partial charge in [-0.25, -0.2) is 9.97 Å². The molecule has 0 aromatic carbocycles. The van der Waals surface area contributed by atoms with E-state index in [4.69, 9.17) is 11.6 Å². The van der Waals surface area contributed by atoms with Gasteiger partial charge in [-0.1, -0.05) is 13.8 Å². The first-order chi connectivity index (χ1) is 7.09. The lowest BCUT2D eigenvalue weighted by Gasteiger charge is -2.19. The van der Waals surface area contributed by atoms with E-state index in [0.29, 0.717) is 12.1 Å². The van der Waals surface area contributed by atoms with Crippen molar-refractivity contribution in [3.8, 4) is 0 Å². The topological polar surface area (TPSA) is 54.9 Å². The summed E-state index contributed by atoms with van der Waals surface area (Å²) >= 11 is 5.82. The Morgan fingerprint density at radius 2 is 2.13 bits per heavy atom. The molecule has 0 saturated heterocycles. The van der Waals surface area contributed by atoms with Gasteiger partial charge in [0.1, 0.15) is 0 Å². The van der Waals surface area contributed by atoms with E-state index in [1.807, 2.05) is 13.8 Å². The van der Waals surface area contributed by atoms with E-state index in [9.17, 15) is 4.79 Å². The van der Waals surface area contributed by atoms with Gasteiger partial charge in [-0.15, -0.1) is 0 Å². The van der Waals surface area contributed by atoms with Crippen LogP contribution < -0.4 is 5.32 Å². The molecule has 2 heterocycles. The zero-order valence-electron chi connectivity index (χ0n) is 8.67. The van der Waals surface area contributed by atoms with Gasteiger partial charge in [0.05, 0.1) is 17.0 Å². The monoisotopic (exact) mass is 225 g/mol. The Labute approximate surface area is 93.1 Å². The van der Waals surface area contributed by atoms with Crippen molar-refractivity contribution in [1.82, 2.24) is 15.3 Å². The van der Waals surface area contributed by atoms with Crippen LogP contribution in [-0.2, 0) is 6.42 Å². The summed E-state index contributed by atoms with van der Waals surface area (Å²) in [6.07, 6.45) is 0.725. The van der Waals surface area contributed by atoms with Gasteiger partial charge in [0.15, 0.2) is 0 Å². The SMILES string of the molecule is CC(C)c1nc(Cl)nc2c1C(=O)NCC2. The molecule has 0 saturated carbocycles. The largest absolute Gasteiger partial charge is 0.352 e. The lowest BCUT2D eigenvalue weighted by molar-refractivity contribution is 0.0943. The lowest BCUT2D eigenvalue weighted by Crippen LogP contribution is -2.34. The second kappa shape index (κ2) is 3.77. The average molecular weight is 226 g/mol. The highest BCUT2D eigenvalue weighted by Crippen LogP contribution is 2.23. The smallest absolute Gasteiger partial charge is 0.255 e. The average Bonchev–Trinajstić information content (AvgIpc) is 2.16. The van der Waals surface area contributed by atoms with Crippen molar-refractivity contribution in [1.29, 1.82) is 0 Å². The van der Waals surface area contributed by atoms with Gasteiger partial charge >= 0.3 is 0 Å². The van der Waals surface area contributed by atoms with Crippen LogP contribution in [0.15, 0.2) is 0 Å². The van der Waals surface area contributed by atoms with E-state index in [1.165, 1.54) is 0 Å². The number of hydrogen-bond donors (Lipinski definition) is 1. The Bertz CT molecular complexity index is 417. The van der Waals surface area contributed by atoms with Crippen LogP contribution in [-0.4, -0.2) is 22.4 Å². The van der Waals surface area contributed by atoms with Crippen molar-refractivity contribution < 1.29 is 4.79 Å². The van der Waals surface area contributed by atoms with Crippen LogP contribution in [0, 0.1) is 0 Å². The highest BCUT2D eigenvalue weighted by molar-refractivity contribution is 6.28. The normalized spacial score (nSPS) is 15.1. The Hall–Kier alpha value is -1.16. The van der Waals surface area contributed by atoms with Crippen LogP contribution in [0.5, 0.6) is 0 Å². The third-order valence-electron chi connectivity index (χ3n) is 2.41. The van der Waals surface area contributed by atoms with Gasteiger partial charge in [-0.2, -0.15) is 0 Å². The van der Waals surface area contributed by atoms with Crippen LogP contribution in [0.3, 0.4) is 0 Å². The zero-order valence-corrected chi connectivity index (χ0v) is 9.43. The number of rotatable bonds is 1. The number of carbonyl (C=O) groups excluding carboxylic acids is 1. The van der Waals surface area contributed by atoms with Crippen molar-refractivity contribution in [3.05, 3.63) is 22.2 Å². The number of halogens is 1. The zero-order chi connectivity index (χ0) is 11.0. The molecule has 1 aromatic rings. The predicted octanol–water partition coefficient (Wildman–Crippen LogP) is 1.54. The molecule has 5 heteroatoms. The maximum Gasteiger partial charge on any atom is 0.255 e. The molecule has 1 aliphatic rings. The first kappa shape index (κ1) is 10.4. The molecule has 0 unspecified atom stereocenters. The standard InChI is InChI=1S/C10H12ClN3O/c1-5(2)8-7-6(13-10(11)14-8)3-4-12-9(7)15/h5H,3-4H2,1-2H3,(H,12,15). The maximum atomic E-state index is 11.7. The number of hydrogen-bond acceptors (Lipinski definition) is 3. The van der Waals surface area contributed by atoms with Crippen LogP contribution >= 0.6 is 11.6 Å². The van der Waals surface area contributed by atoms with E-state index in [0.717, 1.165) is 17.8 Å². The van der Waals surface area contributed by atoms with E-state index in [-0.39, 0.29) is 17.1 Å². The first-order valence-corrected chi connectivity index (χ1v) is 5.32. The summed E-state index contributed by atoms with van der Waals surface area (Å²) < 4.78 is 0. The van der Waals surface area contributed by atoms with Crippen molar-refractivity contribution in [3.63, 3.8) is 0 Å². The summed E-state index contributed by atoms with van der Waals surface area (Å²) in [6, 6.07) is 0. The Morgan fingerprint density at radius 1 is 1.40 bits per heavy atom. The highest BCUT2D eigenvalue weighted by atomic mass is 35.5. The van der Waals surface area contributed by atoms with Crippen molar-refractivity contribution in [2.75, 3.05) is 6.54 Å². The number of nitrogens with one attached hydrogen (secondary N) is 1. The molecule has 0 fully saturated rings. The van der Waals surface area contributed by atoms with Crippen molar-refractivity contribution in [2.45, 2.75) is 26.2 Å². The van der Waals surface area contributed by atoms with E-state index < -0.39 is 0 Å². The second-order valence-electron chi connectivity index (χ2n) is 3.86. The number of carbonyl (C=O) groups is 1. The highest BCUT2D eigenvalue weighted by Gasteiger charge is 2.24. The lowest BCUT2D eigenvalue weighted by atomic mass is 9.98. The van der Waals surface area contributed by atoms with Gasteiger partial charge in [-0.3, -0.25) is 4.79 Å². The third kappa shape index (κ3) is 1.81. The number of nitrogens with zero attached hydrogens (tertiary/aromatic N) is 2. The molecule has 1 aromatic heterocycles. The summed E-state index contributed by atoms with van der Waals surface area (Å²) in [5, 5.41) is 3.02. The number of aromatic nitrogens is 2. The molecule has 0 radical (unpaired) electrons. The third-order valence-corrected chi connectivity index (χ3v) is 2.57.